The zero-order chi connectivity index (χ0) is 17.8. The van der Waals surface area contributed by atoms with Crippen LogP contribution >= 0.6 is 22.7 Å². The van der Waals surface area contributed by atoms with Gasteiger partial charge in [-0.1, -0.05) is 18.1 Å². The number of aromatic nitrogens is 3. The van der Waals surface area contributed by atoms with E-state index in [1.807, 2.05) is 30.3 Å². The zero-order valence-electron chi connectivity index (χ0n) is 14.2. The quantitative estimate of drug-likeness (QED) is 0.433. The van der Waals surface area contributed by atoms with Gasteiger partial charge in [0.2, 0.25) is 11.7 Å². The molecule has 0 unspecified atom stereocenters. The zero-order valence-corrected chi connectivity index (χ0v) is 15.8. The molecule has 4 aromatic rings. The summed E-state index contributed by atoms with van der Waals surface area (Å²) in [7, 11) is 0. The van der Waals surface area contributed by atoms with Crippen LogP contribution in [0, 0.1) is 0 Å². The number of ether oxygens (including phenoxy) is 1. The summed E-state index contributed by atoms with van der Waals surface area (Å²) in [6.45, 7) is 2.80. The summed E-state index contributed by atoms with van der Waals surface area (Å²) in [6, 6.07) is 11.8. The molecule has 0 N–H and O–H groups in total. The van der Waals surface area contributed by atoms with E-state index in [-0.39, 0.29) is 0 Å². The minimum Gasteiger partial charge on any atom is -0.494 e. The minimum absolute atomic E-state index is 0.542. The van der Waals surface area contributed by atoms with Gasteiger partial charge in [0.1, 0.15) is 10.8 Å². The largest absolute Gasteiger partial charge is 0.494 e. The molecule has 0 bridgehead atoms. The van der Waals surface area contributed by atoms with Crippen LogP contribution in [0.3, 0.4) is 0 Å². The molecule has 5 nitrogen and oxygen atoms in total. The van der Waals surface area contributed by atoms with Crippen LogP contribution < -0.4 is 4.74 Å². The smallest absolute Gasteiger partial charge is 0.233 e. The number of hydrogen-bond acceptors (Lipinski definition) is 7. The molecule has 132 valence electrons. The van der Waals surface area contributed by atoms with Crippen LogP contribution in [0.2, 0.25) is 0 Å². The normalized spacial score (nSPS) is 11.0. The lowest BCUT2D eigenvalue weighted by Gasteiger charge is -2.03. The van der Waals surface area contributed by atoms with Crippen LogP contribution in [0.15, 0.2) is 51.7 Å². The second-order valence-corrected chi connectivity index (χ2v) is 7.56. The van der Waals surface area contributed by atoms with E-state index < -0.39 is 0 Å². The van der Waals surface area contributed by atoms with Crippen LogP contribution in [0.25, 0.3) is 22.0 Å². The summed E-state index contributed by atoms with van der Waals surface area (Å²) < 4.78 is 11.0. The van der Waals surface area contributed by atoms with Crippen molar-refractivity contribution in [2.75, 3.05) is 6.61 Å². The first-order chi connectivity index (χ1) is 12.8. The number of thiophene rings is 1. The molecule has 3 aromatic heterocycles. The summed E-state index contributed by atoms with van der Waals surface area (Å²) in [5.74, 6) is 2.00. The topological polar surface area (TPSA) is 61.0 Å². The Kier molecular flexibility index (Phi) is 5.08. The molecule has 0 fully saturated rings. The summed E-state index contributed by atoms with van der Waals surface area (Å²) in [6.07, 6.45) is 1.53. The maximum Gasteiger partial charge on any atom is 0.233 e. The number of benzene rings is 1. The molecule has 0 aliphatic rings. The van der Waals surface area contributed by atoms with Gasteiger partial charge >= 0.3 is 0 Å². The van der Waals surface area contributed by atoms with Gasteiger partial charge in [-0.2, -0.15) is 4.98 Å². The Labute approximate surface area is 159 Å². The molecule has 1 aromatic carbocycles. The fraction of sp³-hybridized carbons (Fsp3) is 0.211. The van der Waals surface area contributed by atoms with Crippen molar-refractivity contribution in [3.05, 3.63) is 58.1 Å². The molecule has 0 radical (unpaired) electrons. The first-order valence-corrected chi connectivity index (χ1v) is 10.1. The minimum atomic E-state index is 0.542. The van der Waals surface area contributed by atoms with Gasteiger partial charge in [0.05, 0.1) is 23.6 Å². The van der Waals surface area contributed by atoms with Crippen LogP contribution in [0.1, 0.15) is 24.2 Å². The van der Waals surface area contributed by atoms with Gasteiger partial charge in [-0.25, -0.2) is 4.98 Å². The second-order valence-electron chi connectivity index (χ2n) is 5.67. The Morgan fingerprint density at radius 3 is 2.73 bits per heavy atom. The van der Waals surface area contributed by atoms with Crippen LogP contribution in [-0.4, -0.2) is 21.7 Å². The molecule has 0 saturated carbocycles. The highest BCUT2D eigenvalue weighted by atomic mass is 32.1. The lowest BCUT2D eigenvalue weighted by Crippen LogP contribution is -1.94. The lowest BCUT2D eigenvalue weighted by atomic mass is 10.2. The van der Waals surface area contributed by atoms with E-state index in [2.05, 4.69) is 38.9 Å². The standard InChI is InChI=1S/C19H17N3O2S2/c1-2-9-23-14-7-5-13(6-8-14)19-21-17(24-22-19)11-18-20-15(12-26-18)16-4-3-10-25-16/h3-8,10,12H,2,9,11H2,1H3. The first kappa shape index (κ1) is 16.9. The number of hydrogen-bond donors (Lipinski definition) is 0. The molecule has 0 aliphatic carbocycles. The van der Waals surface area contributed by atoms with Crippen LogP contribution in [0.4, 0.5) is 0 Å². The third-order valence-corrected chi connectivity index (χ3v) is 5.42. The monoisotopic (exact) mass is 383 g/mol. The first-order valence-electron chi connectivity index (χ1n) is 8.36. The summed E-state index contributed by atoms with van der Waals surface area (Å²) in [5, 5.41) is 9.16. The van der Waals surface area contributed by atoms with E-state index in [1.165, 1.54) is 4.88 Å². The van der Waals surface area contributed by atoms with E-state index in [9.17, 15) is 0 Å². The number of rotatable bonds is 7. The van der Waals surface area contributed by atoms with Gasteiger partial charge in [0.15, 0.2) is 0 Å². The predicted octanol–water partition coefficient (Wildman–Crippen LogP) is 5.30. The highest BCUT2D eigenvalue weighted by Crippen LogP contribution is 2.27. The predicted molar refractivity (Wildman–Crippen MR) is 104 cm³/mol. The van der Waals surface area contributed by atoms with Gasteiger partial charge in [-0.05, 0) is 42.1 Å². The van der Waals surface area contributed by atoms with Crippen molar-refractivity contribution in [1.82, 2.24) is 15.1 Å². The van der Waals surface area contributed by atoms with E-state index >= 15 is 0 Å². The van der Waals surface area contributed by atoms with E-state index in [4.69, 9.17) is 9.26 Å². The average Bonchev–Trinajstić information content (AvgIpc) is 3.42. The molecule has 3 heterocycles. The van der Waals surface area contributed by atoms with Gasteiger partial charge in [-0.15, -0.1) is 22.7 Å². The highest BCUT2D eigenvalue weighted by Gasteiger charge is 2.12. The SMILES string of the molecule is CCCOc1ccc(-c2noc(Cc3nc(-c4cccs4)cs3)n2)cc1. The highest BCUT2D eigenvalue weighted by molar-refractivity contribution is 7.14. The molecule has 0 spiro atoms. The number of thiazole rings is 1. The molecular formula is C19H17N3O2S2. The molecule has 0 aliphatic heterocycles. The Morgan fingerprint density at radius 1 is 1.08 bits per heavy atom. The summed E-state index contributed by atoms with van der Waals surface area (Å²) in [4.78, 5) is 10.3. The van der Waals surface area contributed by atoms with Crippen molar-refractivity contribution in [2.24, 2.45) is 0 Å². The van der Waals surface area contributed by atoms with Crippen molar-refractivity contribution in [1.29, 1.82) is 0 Å². The molecule has 0 amide bonds. The molecule has 4 rings (SSSR count). The van der Waals surface area contributed by atoms with Gasteiger partial charge in [0, 0.05) is 10.9 Å². The van der Waals surface area contributed by atoms with Crippen molar-refractivity contribution in [3.63, 3.8) is 0 Å². The Bertz CT molecular complexity index is 959. The van der Waals surface area contributed by atoms with Crippen LogP contribution in [0.5, 0.6) is 5.75 Å². The molecule has 26 heavy (non-hydrogen) atoms. The molecule has 0 atom stereocenters. The fourth-order valence-electron chi connectivity index (χ4n) is 2.42. The number of nitrogens with zero attached hydrogens (tertiary/aromatic N) is 3. The van der Waals surface area contributed by atoms with Crippen LogP contribution in [-0.2, 0) is 6.42 Å². The maximum atomic E-state index is 5.59. The lowest BCUT2D eigenvalue weighted by molar-refractivity contribution is 0.317. The second kappa shape index (κ2) is 7.80. The Balaban J connectivity index is 1.45. The van der Waals surface area contributed by atoms with E-state index in [0.29, 0.717) is 24.7 Å². The summed E-state index contributed by atoms with van der Waals surface area (Å²) in [5.41, 5.74) is 1.91. The molecular weight excluding hydrogens is 366 g/mol. The Hall–Kier alpha value is -2.51. The maximum absolute atomic E-state index is 5.59. The third-order valence-electron chi connectivity index (χ3n) is 3.68. The average molecular weight is 383 g/mol. The van der Waals surface area contributed by atoms with Crippen molar-refractivity contribution < 1.29 is 9.26 Å². The summed E-state index contributed by atoms with van der Waals surface area (Å²) >= 11 is 3.29. The van der Waals surface area contributed by atoms with E-state index in [1.54, 1.807) is 22.7 Å². The van der Waals surface area contributed by atoms with Gasteiger partial charge < -0.3 is 9.26 Å². The Morgan fingerprint density at radius 2 is 1.96 bits per heavy atom. The fourth-order valence-corrected chi connectivity index (χ4v) is 3.97. The van der Waals surface area contributed by atoms with Gasteiger partial charge in [0.25, 0.3) is 0 Å². The van der Waals surface area contributed by atoms with Crippen molar-refractivity contribution >= 4 is 22.7 Å². The molecule has 0 saturated heterocycles. The van der Waals surface area contributed by atoms with E-state index in [0.717, 1.165) is 28.4 Å². The van der Waals surface area contributed by atoms with Crippen molar-refractivity contribution in [2.45, 2.75) is 19.8 Å². The molecule has 7 heteroatoms. The third kappa shape index (κ3) is 3.84. The van der Waals surface area contributed by atoms with Crippen molar-refractivity contribution in [3.8, 4) is 27.7 Å². The van der Waals surface area contributed by atoms with Gasteiger partial charge in [-0.3, -0.25) is 0 Å².